The number of hydrogen-bond acceptors (Lipinski definition) is 3. The van der Waals surface area contributed by atoms with Crippen molar-refractivity contribution < 1.29 is 31.4 Å². The molecule has 0 N–H and O–H groups in total. The van der Waals surface area contributed by atoms with Crippen molar-refractivity contribution in [2.24, 2.45) is 5.41 Å². The van der Waals surface area contributed by atoms with Crippen LogP contribution in [0.1, 0.15) is 89.4 Å². The summed E-state index contributed by atoms with van der Waals surface area (Å²) in [4.78, 5) is 9.90. The molecule has 3 heterocycles. The van der Waals surface area contributed by atoms with Gasteiger partial charge in [-0.15, -0.1) is 53.6 Å². The van der Waals surface area contributed by atoms with Gasteiger partial charge in [-0.3, -0.25) is 4.98 Å². The average Bonchev–Trinajstić information content (AvgIpc) is 4.11. The van der Waals surface area contributed by atoms with Gasteiger partial charge in [-0.05, 0) is 115 Å². The van der Waals surface area contributed by atoms with Crippen molar-refractivity contribution in [2.45, 2.75) is 93.2 Å². The van der Waals surface area contributed by atoms with Crippen LogP contribution in [0.15, 0.2) is 187 Å². The van der Waals surface area contributed by atoms with Crippen LogP contribution in [-0.4, -0.2) is 22.6 Å². The van der Waals surface area contributed by atoms with Crippen molar-refractivity contribution in [1.29, 1.82) is 0 Å². The second-order valence-electron chi connectivity index (χ2n) is 22.0. The van der Waals surface area contributed by atoms with E-state index in [0.29, 0.717) is 16.8 Å². The van der Waals surface area contributed by atoms with Crippen LogP contribution in [0.4, 0.5) is 0 Å². The molecule has 0 aliphatic heterocycles. The zero-order chi connectivity index (χ0) is 56.2. The van der Waals surface area contributed by atoms with Crippen LogP contribution in [0.2, 0.25) is 19.6 Å². The van der Waals surface area contributed by atoms with Crippen molar-refractivity contribution in [1.82, 2.24) is 14.5 Å². The number of aromatic nitrogens is 3. The van der Waals surface area contributed by atoms with E-state index in [1.54, 1.807) is 18.3 Å². The van der Waals surface area contributed by atoms with Gasteiger partial charge in [0.05, 0.1) is 30.5 Å². The molecule has 11 aromatic rings. The molecule has 4 nitrogen and oxygen atoms in total. The maximum absolute atomic E-state index is 8.79. The van der Waals surface area contributed by atoms with Crippen molar-refractivity contribution in [2.75, 3.05) is 0 Å². The summed E-state index contributed by atoms with van der Waals surface area (Å²) in [6, 6.07) is 66.9. The fourth-order valence-electron chi connectivity index (χ4n) is 10.0. The van der Waals surface area contributed by atoms with Crippen LogP contribution in [-0.2, 0) is 26.5 Å². The Kier molecular flexibility index (Phi) is 13.5. The Morgan fingerprint density at radius 2 is 1.31 bits per heavy atom. The Morgan fingerprint density at radius 3 is 1.93 bits per heavy atom. The molecule has 0 unspecified atom stereocenters. The first-order valence-electron chi connectivity index (χ1n) is 28.3. The predicted molar refractivity (Wildman–Crippen MR) is 316 cm³/mol. The predicted octanol–water partition coefficient (Wildman–Crippen LogP) is 18.6. The molecular formula is C69H67IrN3OSi-2. The first-order valence-corrected chi connectivity index (χ1v) is 29.3. The number of pyridine rings is 1. The minimum absolute atomic E-state index is 0. The number of hydrogen-bond donors (Lipinski definition) is 0. The van der Waals surface area contributed by atoms with E-state index in [1.165, 1.54) is 50.7 Å². The molecule has 11 rings (SSSR count). The molecule has 0 bridgehead atoms. The standard InChI is InChI=1S/C49H39N2O.C20H28NSi.Ir/c1-31(2)41-29-36(33-16-7-5-8-17-33)30-42(32(3)4)47(41)51-45-25-14-13-24-44(45)50-49(51)40-23-15-22-39-43-28-35(26-27-46(43)52-48(39)40)38-21-12-11-20-37(38)34-18-9-6-10-19-34;1-15-8-10-16(11-9-15)18-12-17(13-20(2,3)4)19(14-21-18)22(5,6)7;/h5-22,24-32H,1-4H3;8-10,12,14H,13H2,1-7H3;/q2*-1;/i;1D3,13D2;. The minimum Gasteiger partial charge on any atom is -0.501 e. The fraction of sp³-hybridized carbons (Fsp3) is 0.217. The first kappa shape index (κ1) is 46.6. The van der Waals surface area contributed by atoms with Crippen LogP contribution in [0.5, 0.6) is 0 Å². The average molecular weight is 1180 g/mol. The van der Waals surface area contributed by atoms with Crippen molar-refractivity contribution in [3.63, 3.8) is 0 Å². The zero-order valence-corrected chi connectivity index (χ0v) is 48.0. The van der Waals surface area contributed by atoms with Crippen LogP contribution in [0.25, 0.3) is 94.7 Å². The number of aryl methyl sites for hydroxylation is 1. The van der Waals surface area contributed by atoms with E-state index in [9.17, 15) is 0 Å². The van der Waals surface area contributed by atoms with Crippen molar-refractivity contribution in [3.8, 4) is 61.7 Å². The number of nitrogens with zero attached hydrogens (tertiary/aromatic N) is 3. The maximum Gasteiger partial charge on any atom is 0.120 e. The molecular weight excluding hydrogens is 1110 g/mol. The molecule has 0 saturated carbocycles. The number of benzene rings is 8. The SMILES string of the molecule is CC(C)c1cc(-c2ccccc2)cc(C(C)C)c1-n1c(-c2[c-]ccc3c2oc2ccc(-c4ccccc4-c4ccccc4)cc23)nc2ccccc21.[2H]C([2H])([2H])c1c[c-]c(-c2cc(C([2H])([2H])C(C)(C)C)c([Si](C)(C)C)cn2)cc1.[Ir]. The fourth-order valence-corrected chi connectivity index (χ4v) is 11.4. The third kappa shape index (κ3) is 11.1. The summed E-state index contributed by atoms with van der Waals surface area (Å²) in [5.41, 5.74) is 17.1. The largest absolute Gasteiger partial charge is 0.501 e. The number of fused-ring (bicyclic) bond motifs is 4. The van der Waals surface area contributed by atoms with E-state index in [-0.39, 0.29) is 37.5 Å². The van der Waals surface area contributed by atoms with Gasteiger partial charge in [0.25, 0.3) is 0 Å². The summed E-state index contributed by atoms with van der Waals surface area (Å²) >= 11 is 0. The van der Waals surface area contributed by atoms with Gasteiger partial charge in [0, 0.05) is 44.2 Å². The van der Waals surface area contributed by atoms with Gasteiger partial charge in [-0.25, -0.2) is 0 Å². The second kappa shape index (κ2) is 21.7. The number of rotatable bonds is 10. The van der Waals surface area contributed by atoms with E-state index in [4.69, 9.17) is 16.3 Å². The molecule has 8 aromatic carbocycles. The van der Waals surface area contributed by atoms with Gasteiger partial charge in [0.1, 0.15) is 5.58 Å². The van der Waals surface area contributed by atoms with Gasteiger partial charge in [0.2, 0.25) is 0 Å². The quantitative estimate of drug-likeness (QED) is 0.101. The minimum atomic E-state index is -2.17. The molecule has 379 valence electrons. The molecule has 0 aliphatic rings. The zero-order valence-electron chi connectivity index (χ0n) is 49.6. The van der Waals surface area contributed by atoms with Crippen LogP contribution in [0, 0.1) is 24.4 Å². The molecule has 0 aliphatic carbocycles. The van der Waals surface area contributed by atoms with Gasteiger partial charge in [0.15, 0.2) is 0 Å². The first-order chi connectivity index (χ1) is 37.5. The Balaban J connectivity index is 0.000000235. The molecule has 3 aromatic heterocycles. The number of furan rings is 1. The van der Waals surface area contributed by atoms with Gasteiger partial charge in [-0.1, -0.05) is 201 Å². The molecule has 0 spiro atoms. The summed E-state index contributed by atoms with van der Waals surface area (Å²) in [5, 5.41) is 3.13. The Labute approximate surface area is 466 Å². The number of imidazole rings is 1. The maximum atomic E-state index is 8.79. The second-order valence-corrected chi connectivity index (χ2v) is 27.0. The summed E-state index contributed by atoms with van der Waals surface area (Å²) in [6.45, 7) is 19.2. The Morgan fingerprint density at radius 1 is 0.667 bits per heavy atom. The van der Waals surface area contributed by atoms with Crippen LogP contribution in [0.3, 0.4) is 0 Å². The molecule has 1 radical (unpaired) electrons. The van der Waals surface area contributed by atoms with E-state index in [2.05, 4.69) is 215 Å². The topological polar surface area (TPSA) is 43.9 Å². The molecule has 0 saturated heterocycles. The van der Waals surface area contributed by atoms with Gasteiger partial charge >= 0.3 is 0 Å². The Bertz CT molecular complexity index is 3970. The molecule has 0 atom stereocenters. The summed E-state index contributed by atoms with van der Waals surface area (Å²) in [5.74, 6) is 1.37. The molecule has 6 heteroatoms. The van der Waals surface area contributed by atoms with Crippen molar-refractivity contribution in [3.05, 3.63) is 217 Å². The Hall–Kier alpha value is -6.95. The van der Waals surface area contributed by atoms with E-state index in [1.807, 2.05) is 32.9 Å². The molecule has 0 amide bonds. The van der Waals surface area contributed by atoms with Crippen LogP contribution < -0.4 is 5.19 Å². The van der Waals surface area contributed by atoms with Gasteiger partial charge in [-0.2, -0.15) is 0 Å². The van der Waals surface area contributed by atoms with E-state index in [0.717, 1.165) is 55.1 Å². The normalized spacial score (nSPS) is 13.2. The molecule has 0 fully saturated rings. The molecule has 75 heavy (non-hydrogen) atoms. The van der Waals surface area contributed by atoms with Gasteiger partial charge < -0.3 is 14.0 Å². The van der Waals surface area contributed by atoms with E-state index >= 15 is 0 Å². The van der Waals surface area contributed by atoms with Crippen molar-refractivity contribution >= 4 is 46.2 Å². The summed E-state index contributed by atoms with van der Waals surface area (Å²) in [7, 11) is -1.81. The third-order valence-corrected chi connectivity index (χ3v) is 15.6. The smallest absolute Gasteiger partial charge is 0.120 e. The van der Waals surface area contributed by atoms with Crippen LogP contribution >= 0.6 is 0 Å². The summed E-state index contributed by atoms with van der Waals surface area (Å²) in [6.07, 6.45) is 0.269. The number of para-hydroxylation sites is 2. The summed E-state index contributed by atoms with van der Waals surface area (Å²) < 4.78 is 49.2. The monoisotopic (exact) mass is 1180 g/mol. The third-order valence-electron chi connectivity index (χ3n) is 13.6. The van der Waals surface area contributed by atoms with E-state index < -0.39 is 26.7 Å².